The molecule has 1 aliphatic heterocycles. The van der Waals surface area contributed by atoms with Crippen LogP contribution in [0.5, 0.6) is 17.2 Å². The van der Waals surface area contributed by atoms with Gasteiger partial charge in [0, 0.05) is 25.3 Å². The molecule has 7 nitrogen and oxygen atoms in total. The molecule has 0 saturated heterocycles. The summed E-state index contributed by atoms with van der Waals surface area (Å²) in [6.07, 6.45) is 12.9. The molecule has 0 bridgehead atoms. The highest BCUT2D eigenvalue weighted by Crippen LogP contribution is 2.67. The smallest absolute Gasteiger partial charge is 0.302 e. The topological polar surface area (TPSA) is 75.6 Å². The number of fused-ring (bicyclic) bond motifs is 5. The number of allylic oxidation sites excluding steroid dienone is 1. The molecule has 0 amide bonds. The molecule has 41 heavy (non-hydrogen) atoms. The molecule has 3 saturated carbocycles. The van der Waals surface area contributed by atoms with Crippen LogP contribution in [-0.2, 0) is 14.3 Å². The van der Waals surface area contributed by atoms with Crippen molar-refractivity contribution in [3.05, 3.63) is 29.3 Å². The first-order chi connectivity index (χ1) is 19.7. The summed E-state index contributed by atoms with van der Waals surface area (Å²) in [7, 11) is 4.89. The lowest BCUT2D eigenvalue weighted by Crippen LogP contribution is -2.51. The number of hydrogen-bond acceptors (Lipinski definition) is 7. The van der Waals surface area contributed by atoms with Crippen LogP contribution in [0.3, 0.4) is 0 Å². The molecule has 1 heterocycles. The Morgan fingerprint density at radius 2 is 1.66 bits per heavy atom. The summed E-state index contributed by atoms with van der Waals surface area (Å²) >= 11 is 0. The second-order valence-electron chi connectivity index (χ2n) is 13.5. The van der Waals surface area contributed by atoms with E-state index in [1.807, 2.05) is 12.1 Å². The number of aliphatic imine (C=N–C) groups is 1. The fraction of sp³-hybridized carbons (Fsp3) is 0.706. The molecule has 224 valence electrons. The molecule has 8 atom stereocenters. The lowest BCUT2D eigenvalue weighted by Gasteiger charge is -2.58. The van der Waals surface area contributed by atoms with E-state index in [0.29, 0.717) is 41.1 Å². The Kier molecular flexibility index (Phi) is 7.52. The van der Waals surface area contributed by atoms with Crippen LogP contribution in [0, 0.1) is 34.5 Å². The minimum atomic E-state index is -0.150. The number of rotatable bonds is 6. The van der Waals surface area contributed by atoms with E-state index in [9.17, 15) is 4.79 Å². The summed E-state index contributed by atoms with van der Waals surface area (Å²) < 4.78 is 28.5. The molecule has 3 fully saturated rings. The minimum Gasteiger partial charge on any atom is -0.493 e. The van der Waals surface area contributed by atoms with E-state index in [1.165, 1.54) is 39.0 Å². The molecule has 0 spiro atoms. The van der Waals surface area contributed by atoms with Crippen LogP contribution in [0.4, 0.5) is 0 Å². The van der Waals surface area contributed by atoms with Crippen molar-refractivity contribution in [3.8, 4) is 17.2 Å². The van der Waals surface area contributed by atoms with Crippen LogP contribution in [0.1, 0.15) is 84.1 Å². The van der Waals surface area contributed by atoms with Crippen LogP contribution in [0.15, 0.2) is 28.8 Å². The van der Waals surface area contributed by atoms with Gasteiger partial charge in [-0.1, -0.05) is 25.5 Å². The SMILES string of the molecule is COc1cc(C2=N[C@H]([C@H]3CC[C@H]4[C@@H]5CC=C6C[C@@H](OC(C)=O)CC[C@]6(C)[C@H]5CC[C@]34C)CCO2)cc(OC)c1OC. The quantitative estimate of drug-likeness (QED) is 0.280. The minimum absolute atomic E-state index is 0.0549. The highest BCUT2D eigenvalue weighted by molar-refractivity contribution is 5.96. The molecule has 1 aromatic rings. The summed E-state index contributed by atoms with van der Waals surface area (Å²) in [5.41, 5.74) is 2.97. The van der Waals surface area contributed by atoms with E-state index >= 15 is 0 Å². The average Bonchev–Trinajstić information content (AvgIpc) is 3.33. The van der Waals surface area contributed by atoms with Gasteiger partial charge >= 0.3 is 5.97 Å². The van der Waals surface area contributed by atoms with Gasteiger partial charge < -0.3 is 23.7 Å². The fourth-order valence-corrected chi connectivity index (χ4v) is 9.82. The molecule has 0 aromatic heterocycles. The number of benzene rings is 1. The fourth-order valence-electron chi connectivity index (χ4n) is 9.82. The molecule has 0 N–H and O–H groups in total. The van der Waals surface area contributed by atoms with Crippen LogP contribution in [0.25, 0.3) is 0 Å². The van der Waals surface area contributed by atoms with Gasteiger partial charge in [0.2, 0.25) is 11.6 Å². The number of methoxy groups -OCH3 is 3. The number of hydrogen-bond donors (Lipinski definition) is 0. The van der Waals surface area contributed by atoms with Gasteiger partial charge in [0.15, 0.2) is 11.5 Å². The van der Waals surface area contributed by atoms with Crippen molar-refractivity contribution >= 4 is 11.9 Å². The third-order valence-corrected chi connectivity index (χ3v) is 11.8. The molecule has 5 aliphatic rings. The first-order valence-corrected chi connectivity index (χ1v) is 15.6. The lowest BCUT2D eigenvalue weighted by atomic mass is 9.47. The molecular weight excluding hydrogens is 518 g/mol. The van der Waals surface area contributed by atoms with Crippen molar-refractivity contribution < 1.29 is 28.5 Å². The monoisotopic (exact) mass is 565 g/mol. The van der Waals surface area contributed by atoms with Gasteiger partial charge in [-0.15, -0.1) is 0 Å². The van der Waals surface area contributed by atoms with Crippen molar-refractivity contribution in [2.45, 2.75) is 90.7 Å². The van der Waals surface area contributed by atoms with Crippen molar-refractivity contribution in [3.63, 3.8) is 0 Å². The summed E-state index contributed by atoms with van der Waals surface area (Å²) in [6, 6.07) is 4.14. The Bertz CT molecular complexity index is 1210. The maximum absolute atomic E-state index is 11.6. The van der Waals surface area contributed by atoms with Crippen molar-refractivity contribution in [2.24, 2.45) is 39.5 Å². The van der Waals surface area contributed by atoms with Gasteiger partial charge in [-0.25, -0.2) is 4.99 Å². The lowest BCUT2D eigenvalue weighted by molar-refractivity contribution is -0.148. The van der Waals surface area contributed by atoms with Crippen LogP contribution in [0.2, 0.25) is 0 Å². The largest absolute Gasteiger partial charge is 0.493 e. The zero-order chi connectivity index (χ0) is 28.9. The van der Waals surface area contributed by atoms with Gasteiger partial charge in [-0.2, -0.15) is 0 Å². The summed E-state index contributed by atoms with van der Waals surface area (Å²) in [4.78, 5) is 16.9. The molecule has 6 rings (SSSR count). The van der Waals surface area contributed by atoms with Crippen molar-refractivity contribution in [1.29, 1.82) is 0 Å². The summed E-state index contributed by atoms with van der Waals surface area (Å²) in [6.45, 7) is 7.31. The highest BCUT2D eigenvalue weighted by atomic mass is 16.5. The highest BCUT2D eigenvalue weighted by Gasteiger charge is 2.60. The van der Waals surface area contributed by atoms with Crippen LogP contribution >= 0.6 is 0 Å². The van der Waals surface area contributed by atoms with Gasteiger partial charge in [-0.05, 0) is 91.6 Å². The number of carbonyl (C=O) groups excluding carboxylic acids is 1. The van der Waals surface area contributed by atoms with Crippen molar-refractivity contribution in [1.82, 2.24) is 0 Å². The van der Waals surface area contributed by atoms with Gasteiger partial charge in [-0.3, -0.25) is 4.79 Å². The van der Waals surface area contributed by atoms with E-state index in [-0.39, 0.29) is 23.5 Å². The molecular formula is C34H47NO6. The molecule has 1 aromatic carbocycles. The number of ether oxygens (including phenoxy) is 5. The van der Waals surface area contributed by atoms with E-state index in [2.05, 4.69) is 19.9 Å². The predicted octanol–water partition coefficient (Wildman–Crippen LogP) is 6.76. The predicted molar refractivity (Wildman–Crippen MR) is 158 cm³/mol. The average molecular weight is 566 g/mol. The van der Waals surface area contributed by atoms with Gasteiger partial charge in [0.25, 0.3) is 0 Å². The maximum atomic E-state index is 11.6. The van der Waals surface area contributed by atoms with E-state index in [4.69, 9.17) is 28.7 Å². The Morgan fingerprint density at radius 3 is 2.34 bits per heavy atom. The third kappa shape index (κ3) is 4.71. The molecule has 0 unspecified atom stereocenters. The number of carbonyl (C=O) groups is 1. The Labute approximate surface area is 245 Å². The number of nitrogens with zero attached hydrogens (tertiary/aromatic N) is 1. The van der Waals surface area contributed by atoms with Crippen LogP contribution in [-0.4, -0.2) is 51.9 Å². The zero-order valence-electron chi connectivity index (χ0n) is 25.7. The zero-order valence-corrected chi connectivity index (χ0v) is 25.7. The maximum Gasteiger partial charge on any atom is 0.302 e. The first-order valence-electron chi connectivity index (χ1n) is 15.6. The molecule has 7 heteroatoms. The summed E-state index contributed by atoms with van der Waals surface area (Å²) in [5, 5.41) is 0. The molecule has 0 radical (unpaired) electrons. The van der Waals surface area contributed by atoms with E-state index in [0.717, 1.165) is 49.0 Å². The summed E-state index contributed by atoms with van der Waals surface area (Å²) in [5.74, 6) is 5.09. The van der Waals surface area contributed by atoms with Gasteiger partial charge in [0.05, 0.1) is 34.0 Å². The second-order valence-corrected chi connectivity index (χ2v) is 13.5. The van der Waals surface area contributed by atoms with Crippen LogP contribution < -0.4 is 14.2 Å². The Morgan fingerprint density at radius 1 is 0.927 bits per heavy atom. The molecule has 4 aliphatic carbocycles. The third-order valence-electron chi connectivity index (χ3n) is 11.8. The van der Waals surface area contributed by atoms with E-state index in [1.54, 1.807) is 26.9 Å². The van der Waals surface area contributed by atoms with Gasteiger partial charge in [0.1, 0.15) is 6.10 Å². The number of esters is 1. The Hall–Kier alpha value is -2.70. The first kappa shape index (κ1) is 28.4. The second kappa shape index (κ2) is 10.9. The normalized spacial score (nSPS) is 37.8. The van der Waals surface area contributed by atoms with Crippen molar-refractivity contribution in [2.75, 3.05) is 27.9 Å². The standard InChI is InChI=1S/C34H47NO6/c1-20(36)41-23-11-14-33(2)22(19-23)7-8-24-25-9-10-27(34(25,3)15-12-26(24)33)28-13-16-40-32(35-28)21-17-29(37-4)31(39-6)30(18-21)38-5/h7,17-18,23-28H,8-16,19H2,1-6H3/t23-,24-,25-,26-,27+,28-,33-,34-/m0/s1. The Balaban J connectivity index is 1.24. The van der Waals surface area contributed by atoms with E-state index < -0.39 is 0 Å².